The van der Waals surface area contributed by atoms with Crippen molar-refractivity contribution in [1.82, 2.24) is 20.0 Å². The molecule has 4 aliphatic heterocycles. The van der Waals surface area contributed by atoms with E-state index in [2.05, 4.69) is 33.0 Å². The van der Waals surface area contributed by atoms with E-state index in [0.29, 0.717) is 56.1 Å². The topological polar surface area (TPSA) is 74.4 Å². The van der Waals surface area contributed by atoms with Crippen molar-refractivity contribution in [3.8, 4) is 0 Å². The molecule has 0 aromatic heterocycles. The molecule has 0 unspecified atom stereocenters. The molecule has 2 amide bonds. The number of carbonyl (C=O) groups excluding carboxylic acids is 2. The van der Waals surface area contributed by atoms with Crippen molar-refractivity contribution < 1.29 is 30.0 Å². The third kappa shape index (κ3) is 6.61. The fourth-order valence-corrected chi connectivity index (χ4v) is 5.79. The Labute approximate surface area is 229 Å². The van der Waals surface area contributed by atoms with Crippen molar-refractivity contribution in [3.63, 3.8) is 0 Å². The lowest BCUT2D eigenvalue weighted by atomic mass is 9.92. The number of nitrogens with one attached hydrogen (secondary N) is 1. The highest BCUT2D eigenvalue weighted by Gasteiger charge is 2.47. The van der Waals surface area contributed by atoms with Crippen LogP contribution in [-0.4, -0.2) is 103 Å². The molecule has 4 heterocycles. The Hall–Kier alpha value is -1.22. The first kappa shape index (κ1) is 18.9. The van der Waals surface area contributed by atoms with Crippen LogP contribution in [0.2, 0.25) is 0 Å². The molecule has 36 heavy (non-hydrogen) atoms. The number of hydrogen-bond donors (Lipinski definition) is 1. The van der Waals surface area contributed by atoms with Gasteiger partial charge in [-0.25, -0.2) is 0 Å². The van der Waals surface area contributed by atoms with Crippen LogP contribution in [0.1, 0.15) is 84.0 Å². The molecule has 1 N–H and O–H groups in total. The lowest BCUT2D eigenvalue weighted by Crippen LogP contribution is -2.64. The molecule has 1 spiro atoms. The Morgan fingerprint density at radius 2 is 1.83 bits per heavy atom. The second-order valence-electron chi connectivity index (χ2n) is 11.6. The Kier molecular flexibility index (Phi) is 6.36. The van der Waals surface area contributed by atoms with Gasteiger partial charge in [0.05, 0.1) is 19.3 Å². The van der Waals surface area contributed by atoms with Crippen molar-refractivity contribution in [2.75, 3.05) is 52.4 Å². The predicted molar refractivity (Wildman–Crippen MR) is 140 cm³/mol. The molecule has 4 saturated heterocycles. The van der Waals surface area contributed by atoms with Crippen molar-refractivity contribution in [2.45, 2.75) is 97.0 Å². The number of ether oxygens (including phenoxy) is 2. The van der Waals surface area contributed by atoms with Gasteiger partial charge < -0.3 is 29.5 Å². The number of likely N-dealkylation sites (tertiary alicyclic amines) is 2. The first-order valence-electron chi connectivity index (χ1n) is 17.6. The van der Waals surface area contributed by atoms with Gasteiger partial charge in [0.15, 0.2) is 5.79 Å². The SMILES string of the molecule is [2H]C1([2H])N(CC2COC3(CCN(C(=O)[C@H](CC(C)C)N4CCN[C@@H](CC(C)C)C4=O)[C@@H](C)C3)OC2)C([2H])([2H])C([2H])([2H])C1([2H])[2H]. The van der Waals surface area contributed by atoms with E-state index in [1.54, 1.807) is 4.90 Å². The maximum atomic E-state index is 14.1. The summed E-state index contributed by atoms with van der Waals surface area (Å²) in [6, 6.07) is -1.09. The molecule has 0 aliphatic carbocycles. The second kappa shape index (κ2) is 12.1. The van der Waals surface area contributed by atoms with Crippen LogP contribution in [0.15, 0.2) is 0 Å². The van der Waals surface area contributed by atoms with Gasteiger partial charge in [-0.3, -0.25) is 9.59 Å². The Balaban J connectivity index is 1.40. The van der Waals surface area contributed by atoms with Gasteiger partial charge in [-0.1, -0.05) is 27.7 Å². The van der Waals surface area contributed by atoms with E-state index >= 15 is 0 Å². The summed E-state index contributed by atoms with van der Waals surface area (Å²) in [7, 11) is 0. The number of carbonyl (C=O) groups is 2. The van der Waals surface area contributed by atoms with Crippen LogP contribution < -0.4 is 5.32 Å². The Bertz CT molecular complexity index is 1040. The quantitative estimate of drug-likeness (QED) is 0.537. The lowest BCUT2D eigenvalue weighted by Gasteiger charge is -2.49. The molecule has 0 saturated carbocycles. The molecular weight excluding hydrogens is 456 g/mol. The van der Waals surface area contributed by atoms with Gasteiger partial charge in [-0.05, 0) is 57.3 Å². The van der Waals surface area contributed by atoms with E-state index < -0.39 is 43.5 Å². The fraction of sp³-hybridized carbons (Fsp3) is 0.929. The number of rotatable bonds is 8. The second-order valence-corrected chi connectivity index (χ2v) is 11.6. The first-order valence-corrected chi connectivity index (χ1v) is 13.6. The molecule has 4 fully saturated rings. The highest BCUT2D eigenvalue weighted by molar-refractivity contribution is 5.90. The minimum absolute atomic E-state index is 0.0250. The van der Waals surface area contributed by atoms with Gasteiger partial charge >= 0.3 is 0 Å². The average molecular weight is 515 g/mol. The smallest absolute Gasteiger partial charge is 0.245 e. The number of nitrogens with zero attached hydrogens (tertiary/aromatic N) is 3. The maximum Gasteiger partial charge on any atom is 0.245 e. The van der Waals surface area contributed by atoms with E-state index in [-0.39, 0.29) is 49.6 Å². The van der Waals surface area contributed by atoms with Gasteiger partial charge in [0.1, 0.15) is 6.04 Å². The van der Waals surface area contributed by atoms with E-state index in [9.17, 15) is 9.59 Å². The highest BCUT2D eigenvalue weighted by Crippen LogP contribution is 2.36. The zero-order valence-corrected chi connectivity index (χ0v) is 22.5. The van der Waals surface area contributed by atoms with Gasteiger partial charge in [0.25, 0.3) is 0 Å². The summed E-state index contributed by atoms with van der Waals surface area (Å²) >= 11 is 0. The lowest BCUT2D eigenvalue weighted by molar-refractivity contribution is -0.303. The van der Waals surface area contributed by atoms with Crippen LogP contribution >= 0.6 is 0 Å². The maximum absolute atomic E-state index is 14.1. The van der Waals surface area contributed by atoms with Crippen LogP contribution in [0.3, 0.4) is 0 Å². The standard InChI is InChI=1S/C28H50N4O4/c1-20(2)14-24-26(33)32(13-9-29-24)25(15-21(3)4)27(34)31-12-8-28(16-22(31)5)35-18-23(19-36-28)17-30-10-6-7-11-30/h20-25,29H,6-19H2,1-5H3/t22-,23?,24-,25-,28?/m0/s1/i6D2,7D2,10D2,11D2. The third-order valence-corrected chi connectivity index (χ3v) is 7.59. The summed E-state index contributed by atoms with van der Waals surface area (Å²) in [4.78, 5) is 31.7. The summed E-state index contributed by atoms with van der Waals surface area (Å²) in [5.74, 6) is -1.03. The van der Waals surface area contributed by atoms with Crippen molar-refractivity contribution in [3.05, 3.63) is 0 Å². The molecule has 4 rings (SSSR count). The minimum atomic E-state index is -3.08. The molecule has 206 valence electrons. The van der Waals surface area contributed by atoms with Crippen molar-refractivity contribution in [1.29, 1.82) is 0 Å². The van der Waals surface area contributed by atoms with Crippen molar-refractivity contribution >= 4 is 11.8 Å². The van der Waals surface area contributed by atoms with Crippen LogP contribution in [0.5, 0.6) is 0 Å². The molecular formula is C28H50N4O4. The molecule has 0 bridgehead atoms. The predicted octanol–water partition coefficient (Wildman–Crippen LogP) is 2.71. The molecule has 4 aliphatic rings. The average Bonchev–Trinajstić information content (AvgIpc) is 2.97. The Morgan fingerprint density at radius 1 is 1.14 bits per heavy atom. The van der Waals surface area contributed by atoms with Crippen LogP contribution in [-0.2, 0) is 19.1 Å². The first-order chi connectivity index (χ1) is 20.2. The van der Waals surface area contributed by atoms with Gasteiger partial charge in [0.2, 0.25) is 11.8 Å². The fourth-order valence-electron chi connectivity index (χ4n) is 5.79. The zero-order valence-electron chi connectivity index (χ0n) is 30.5. The number of hydrogen-bond acceptors (Lipinski definition) is 6. The molecule has 0 aromatic carbocycles. The highest BCUT2D eigenvalue weighted by atomic mass is 16.7. The monoisotopic (exact) mass is 514 g/mol. The normalized spacial score (nSPS) is 42.1. The summed E-state index contributed by atoms with van der Waals surface area (Å²) < 4.78 is 77.5. The summed E-state index contributed by atoms with van der Waals surface area (Å²) in [6.45, 7) is 5.81. The summed E-state index contributed by atoms with van der Waals surface area (Å²) in [5, 5.41) is 3.32. The number of amides is 2. The molecule has 8 nitrogen and oxygen atoms in total. The van der Waals surface area contributed by atoms with E-state index in [4.69, 9.17) is 20.4 Å². The van der Waals surface area contributed by atoms with Crippen LogP contribution in [0, 0.1) is 17.8 Å². The van der Waals surface area contributed by atoms with E-state index in [0.717, 1.165) is 0 Å². The molecule has 0 radical (unpaired) electrons. The number of piperazine rings is 1. The summed E-state index contributed by atoms with van der Waals surface area (Å²) in [5.41, 5.74) is 0. The molecule has 8 heteroatoms. The van der Waals surface area contributed by atoms with Crippen LogP contribution in [0.25, 0.3) is 0 Å². The minimum Gasteiger partial charge on any atom is -0.349 e. The van der Waals surface area contributed by atoms with Gasteiger partial charge in [-0.2, -0.15) is 0 Å². The molecule has 3 atom stereocenters. The van der Waals surface area contributed by atoms with Crippen molar-refractivity contribution in [2.24, 2.45) is 17.8 Å². The summed E-state index contributed by atoms with van der Waals surface area (Å²) in [6.07, 6.45) is -4.09. The number of piperidine rings is 1. The van der Waals surface area contributed by atoms with E-state index in [1.165, 1.54) is 0 Å². The van der Waals surface area contributed by atoms with Crippen LogP contribution in [0.4, 0.5) is 0 Å². The molecule has 0 aromatic rings. The third-order valence-electron chi connectivity index (χ3n) is 7.59. The largest absolute Gasteiger partial charge is 0.349 e. The Morgan fingerprint density at radius 3 is 2.44 bits per heavy atom. The van der Waals surface area contributed by atoms with Gasteiger partial charge in [-0.15, -0.1) is 0 Å². The van der Waals surface area contributed by atoms with Gasteiger partial charge in [0, 0.05) is 61.9 Å². The zero-order chi connectivity index (χ0) is 33.0. The van der Waals surface area contributed by atoms with E-state index in [1.807, 2.05) is 11.8 Å².